The molecule has 3 rings (SSSR count). The third-order valence-corrected chi connectivity index (χ3v) is 6.98. The maximum atomic E-state index is 6.23. The van der Waals surface area contributed by atoms with E-state index in [1.165, 1.54) is 57.1 Å². The lowest BCUT2D eigenvalue weighted by Gasteiger charge is -2.49. The highest BCUT2D eigenvalue weighted by atomic mass is 32.1. The van der Waals surface area contributed by atoms with Crippen LogP contribution in [0.3, 0.4) is 0 Å². The predicted octanol–water partition coefficient (Wildman–Crippen LogP) is 3.72. The number of thiazole rings is 1. The van der Waals surface area contributed by atoms with Crippen LogP contribution in [-0.2, 0) is 6.54 Å². The van der Waals surface area contributed by atoms with Gasteiger partial charge in [0.2, 0.25) is 0 Å². The van der Waals surface area contributed by atoms with Crippen molar-refractivity contribution in [3.8, 4) is 0 Å². The lowest BCUT2D eigenvalue weighted by Crippen LogP contribution is -2.54. The number of hydrogen-bond donors (Lipinski definition) is 1. The lowest BCUT2D eigenvalue weighted by molar-refractivity contribution is 0.0252. The molecule has 1 spiro atoms. The molecular weight excluding hydrogens is 278 g/mol. The van der Waals surface area contributed by atoms with Gasteiger partial charge in [0.05, 0.1) is 10.7 Å². The molecule has 0 amide bonds. The van der Waals surface area contributed by atoms with Gasteiger partial charge in [-0.2, -0.15) is 0 Å². The van der Waals surface area contributed by atoms with Gasteiger partial charge in [-0.15, -0.1) is 11.3 Å². The molecular formula is C17H29N3S. The highest BCUT2D eigenvalue weighted by molar-refractivity contribution is 7.09. The number of nitrogens with two attached hydrogens (primary N) is 1. The summed E-state index contributed by atoms with van der Waals surface area (Å²) in [5, 5.41) is 3.35. The minimum Gasteiger partial charge on any atom is -0.329 e. The summed E-state index contributed by atoms with van der Waals surface area (Å²) in [7, 11) is 2.24. The number of likely N-dealkylation sites (N-methyl/N-ethyl adjacent to an activating group) is 1. The average Bonchev–Trinajstić information content (AvgIpc) is 3.10. The number of aromatic nitrogens is 1. The van der Waals surface area contributed by atoms with E-state index in [0.717, 1.165) is 18.1 Å². The van der Waals surface area contributed by atoms with Crippen LogP contribution >= 0.6 is 11.3 Å². The fraction of sp³-hybridized carbons (Fsp3) is 0.824. The highest BCUT2D eigenvalue weighted by Gasteiger charge is 2.45. The first-order valence-electron chi connectivity index (χ1n) is 8.40. The molecule has 2 aliphatic rings. The zero-order valence-electron chi connectivity index (χ0n) is 13.5. The molecule has 0 saturated heterocycles. The van der Waals surface area contributed by atoms with Gasteiger partial charge in [-0.05, 0) is 57.9 Å². The first-order valence-corrected chi connectivity index (χ1v) is 9.28. The summed E-state index contributed by atoms with van der Waals surface area (Å²) in [6, 6.07) is 0. The van der Waals surface area contributed by atoms with E-state index in [9.17, 15) is 0 Å². The Morgan fingerprint density at radius 1 is 1.19 bits per heavy atom. The summed E-state index contributed by atoms with van der Waals surface area (Å²) in [4.78, 5) is 7.11. The van der Waals surface area contributed by atoms with Crippen LogP contribution in [-0.4, -0.2) is 29.0 Å². The molecule has 0 atom stereocenters. The molecule has 1 aromatic heterocycles. The van der Waals surface area contributed by atoms with E-state index in [0.29, 0.717) is 5.41 Å². The summed E-state index contributed by atoms with van der Waals surface area (Å²) in [5.41, 5.74) is 8.31. The van der Waals surface area contributed by atoms with E-state index in [2.05, 4.69) is 29.2 Å². The van der Waals surface area contributed by atoms with Crippen LogP contribution in [0.15, 0.2) is 5.38 Å². The fourth-order valence-electron chi connectivity index (χ4n) is 4.50. The van der Waals surface area contributed by atoms with Crippen molar-refractivity contribution in [2.45, 2.75) is 70.4 Å². The molecule has 118 valence electrons. The Hall–Kier alpha value is -0.450. The second kappa shape index (κ2) is 5.98. The van der Waals surface area contributed by atoms with Crippen LogP contribution in [0, 0.1) is 12.3 Å². The quantitative estimate of drug-likeness (QED) is 0.922. The topological polar surface area (TPSA) is 42.2 Å². The van der Waals surface area contributed by atoms with Crippen LogP contribution in [0.1, 0.15) is 62.1 Å². The molecule has 2 aliphatic carbocycles. The molecule has 0 aromatic carbocycles. The average molecular weight is 308 g/mol. The summed E-state index contributed by atoms with van der Waals surface area (Å²) < 4.78 is 0. The van der Waals surface area contributed by atoms with Crippen LogP contribution in [0.4, 0.5) is 0 Å². The van der Waals surface area contributed by atoms with E-state index in [1.54, 1.807) is 11.3 Å². The molecule has 21 heavy (non-hydrogen) atoms. The monoisotopic (exact) mass is 307 g/mol. The van der Waals surface area contributed by atoms with Crippen LogP contribution in [0.25, 0.3) is 0 Å². The molecule has 2 N–H and O–H groups in total. The zero-order valence-corrected chi connectivity index (χ0v) is 14.3. The maximum Gasteiger partial charge on any atom is 0.0897 e. The highest BCUT2D eigenvalue weighted by Crippen LogP contribution is 2.52. The molecule has 1 aromatic rings. The van der Waals surface area contributed by atoms with Crippen LogP contribution < -0.4 is 5.73 Å². The van der Waals surface area contributed by atoms with E-state index in [4.69, 9.17) is 5.73 Å². The number of hydrogen-bond acceptors (Lipinski definition) is 4. The van der Waals surface area contributed by atoms with E-state index in [1.807, 2.05) is 0 Å². The molecule has 2 fully saturated rings. The van der Waals surface area contributed by atoms with Gasteiger partial charge >= 0.3 is 0 Å². The third kappa shape index (κ3) is 3.03. The summed E-state index contributed by atoms with van der Waals surface area (Å²) in [6.07, 6.45) is 11.1. The van der Waals surface area contributed by atoms with Crippen molar-refractivity contribution in [1.82, 2.24) is 9.88 Å². The van der Waals surface area contributed by atoms with Gasteiger partial charge in [-0.25, -0.2) is 4.98 Å². The summed E-state index contributed by atoms with van der Waals surface area (Å²) in [6.45, 7) is 3.80. The van der Waals surface area contributed by atoms with Crippen LogP contribution in [0.2, 0.25) is 0 Å². The van der Waals surface area contributed by atoms with Gasteiger partial charge in [-0.3, -0.25) is 4.90 Å². The molecule has 0 bridgehead atoms. The minimum absolute atomic E-state index is 0.200. The number of rotatable bonds is 4. The van der Waals surface area contributed by atoms with Crippen molar-refractivity contribution in [3.05, 3.63) is 16.1 Å². The largest absolute Gasteiger partial charge is 0.329 e. The lowest BCUT2D eigenvalue weighted by atomic mass is 9.66. The second-order valence-corrected chi connectivity index (χ2v) is 8.41. The first kappa shape index (κ1) is 15.4. The Morgan fingerprint density at radius 2 is 1.86 bits per heavy atom. The van der Waals surface area contributed by atoms with Crippen molar-refractivity contribution in [3.63, 3.8) is 0 Å². The van der Waals surface area contributed by atoms with Crippen molar-refractivity contribution >= 4 is 11.3 Å². The Kier molecular flexibility index (Phi) is 4.40. The Morgan fingerprint density at radius 3 is 2.38 bits per heavy atom. The molecule has 4 heteroatoms. The van der Waals surface area contributed by atoms with Gasteiger partial charge in [0.1, 0.15) is 0 Å². The molecule has 0 aliphatic heterocycles. The molecule has 0 radical (unpaired) electrons. The fourth-order valence-corrected chi connectivity index (χ4v) is 5.11. The smallest absolute Gasteiger partial charge is 0.0897 e. The van der Waals surface area contributed by atoms with Gasteiger partial charge < -0.3 is 5.73 Å². The molecule has 1 heterocycles. The van der Waals surface area contributed by atoms with Gasteiger partial charge in [0, 0.05) is 24.0 Å². The minimum atomic E-state index is 0.200. The Balaban J connectivity index is 1.66. The van der Waals surface area contributed by atoms with Gasteiger partial charge in [0.15, 0.2) is 0 Å². The standard InChI is InChI=1S/C17H29N3S/c1-14-19-15(12-21-14)11-20(2)17(13-18)9-7-16(8-10-17)5-3-4-6-16/h12H,3-11,13,18H2,1-2H3. The Bertz CT molecular complexity index is 466. The third-order valence-electron chi connectivity index (χ3n) is 6.16. The summed E-state index contributed by atoms with van der Waals surface area (Å²) >= 11 is 1.75. The van der Waals surface area contributed by atoms with E-state index in [-0.39, 0.29) is 5.54 Å². The zero-order chi connectivity index (χ0) is 14.9. The number of aryl methyl sites for hydroxylation is 1. The van der Waals surface area contributed by atoms with E-state index >= 15 is 0 Å². The molecule has 2 saturated carbocycles. The van der Waals surface area contributed by atoms with E-state index < -0.39 is 0 Å². The molecule has 3 nitrogen and oxygen atoms in total. The molecule has 0 unspecified atom stereocenters. The number of nitrogens with zero attached hydrogens (tertiary/aromatic N) is 2. The SMILES string of the molecule is Cc1nc(CN(C)C2(CN)CCC3(CCCC3)CC2)cs1. The van der Waals surface area contributed by atoms with Crippen molar-refractivity contribution in [1.29, 1.82) is 0 Å². The van der Waals surface area contributed by atoms with Crippen molar-refractivity contribution in [2.24, 2.45) is 11.1 Å². The predicted molar refractivity (Wildman–Crippen MR) is 89.5 cm³/mol. The maximum absolute atomic E-state index is 6.23. The van der Waals surface area contributed by atoms with Crippen LogP contribution in [0.5, 0.6) is 0 Å². The van der Waals surface area contributed by atoms with Crippen molar-refractivity contribution < 1.29 is 0 Å². The van der Waals surface area contributed by atoms with Gasteiger partial charge in [-0.1, -0.05) is 12.8 Å². The van der Waals surface area contributed by atoms with Crippen molar-refractivity contribution in [2.75, 3.05) is 13.6 Å². The second-order valence-electron chi connectivity index (χ2n) is 7.35. The summed E-state index contributed by atoms with van der Waals surface area (Å²) in [5.74, 6) is 0. The normalized spacial score (nSPS) is 24.0. The first-order chi connectivity index (χ1) is 10.1. The van der Waals surface area contributed by atoms with Gasteiger partial charge in [0.25, 0.3) is 0 Å². The Labute approximate surface area is 132 Å².